The second kappa shape index (κ2) is 6.19. The molecule has 0 saturated heterocycles. The van der Waals surface area contributed by atoms with E-state index in [0.717, 1.165) is 5.56 Å². The van der Waals surface area contributed by atoms with Crippen LogP contribution in [-0.4, -0.2) is 5.91 Å². The van der Waals surface area contributed by atoms with Crippen LogP contribution < -0.4 is 11.1 Å². The molecule has 0 radical (unpaired) electrons. The number of nitrogen functional groups attached to an aromatic ring is 1. The lowest BCUT2D eigenvalue weighted by atomic mass is 10.1. The van der Waals surface area contributed by atoms with Crippen molar-refractivity contribution in [1.29, 1.82) is 0 Å². The molecule has 4 heteroatoms. The number of rotatable bonds is 4. The van der Waals surface area contributed by atoms with Gasteiger partial charge in [-0.05, 0) is 48.7 Å². The Labute approximate surface area is 117 Å². The Bertz CT molecular complexity index is 626. The second-order valence-corrected chi connectivity index (χ2v) is 4.71. The smallest absolute Gasteiger partial charge is 0.224 e. The van der Waals surface area contributed by atoms with Crippen LogP contribution in [0.25, 0.3) is 0 Å². The molecular formula is C16H17FN2O. The van der Waals surface area contributed by atoms with E-state index in [9.17, 15) is 9.18 Å². The maximum Gasteiger partial charge on any atom is 0.224 e. The van der Waals surface area contributed by atoms with Crippen molar-refractivity contribution in [2.75, 3.05) is 11.1 Å². The standard InChI is InChI=1S/C16H17FN2O/c1-11-10-13(7-8-14(11)17)19-16(20)9-6-12-4-2-3-5-15(12)18/h2-5,7-8,10H,6,9,18H2,1H3,(H,19,20). The van der Waals surface area contributed by atoms with Crippen LogP contribution in [0.15, 0.2) is 42.5 Å². The first-order chi connectivity index (χ1) is 9.56. The Hall–Kier alpha value is -2.36. The van der Waals surface area contributed by atoms with Gasteiger partial charge in [0.1, 0.15) is 5.82 Å². The van der Waals surface area contributed by atoms with Crippen molar-refractivity contribution in [1.82, 2.24) is 0 Å². The molecule has 0 unspecified atom stereocenters. The molecule has 3 N–H and O–H groups in total. The number of carbonyl (C=O) groups excluding carboxylic acids is 1. The third-order valence-corrected chi connectivity index (χ3v) is 3.12. The van der Waals surface area contributed by atoms with E-state index in [1.807, 2.05) is 24.3 Å². The van der Waals surface area contributed by atoms with E-state index < -0.39 is 0 Å². The minimum Gasteiger partial charge on any atom is -0.399 e. The van der Waals surface area contributed by atoms with E-state index >= 15 is 0 Å². The van der Waals surface area contributed by atoms with E-state index in [1.54, 1.807) is 19.1 Å². The summed E-state index contributed by atoms with van der Waals surface area (Å²) in [6.45, 7) is 1.66. The maximum absolute atomic E-state index is 13.1. The Morgan fingerprint density at radius 3 is 2.70 bits per heavy atom. The van der Waals surface area contributed by atoms with Crippen LogP contribution in [0.4, 0.5) is 15.8 Å². The van der Waals surface area contributed by atoms with E-state index in [1.165, 1.54) is 6.07 Å². The summed E-state index contributed by atoms with van der Waals surface area (Å²) in [6, 6.07) is 12.0. The van der Waals surface area contributed by atoms with E-state index in [0.29, 0.717) is 29.8 Å². The molecule has 0 bridgehead atoms. The van der Waals surface area contributed by atoms with Gasteiger partial charge in [0.15, 0.2) is 0 Å². The predicted octanol–water partition coefficient (Wildman–Crippen LogP) is 3.29. The fraction of sp³-hybridized carbons (Fsp3) is 0.188. The number of carbonyl (C=O) groups is 1. The highest BCUT2D eigenvalue weighted by Crippen LogP contribution is 2.15. The summed E-state index contributed by atoms with van der Waals surface area (Å²) in [4.78, 5) is 11.8. The number of amides is 1. The number of hydrogen-bond donors (Lipinski definition) is 2. The maximum atomic E-state index is 13.1. The molecule has 0 aliphatic carbocycles. The summed E-state index contributed by atoms with van der Waals surface area (Å²) < 4.78 is 13.1. The molecule has 0 saturated carbocycles. The van der Waals surface area contributed by atoms with Gasteiger partial charge < -0.3 is 11.1 Å². The lowest BCUT2D eigenvalue weighted by Gasteiger charge is -2.08. The first-order valence-electron chi connectivity index (χ1n) is 6.45. The first kappa shape index (κ1) is 14.1. The lowest BCUT2D eigenvalue weighted by Crippen LogP contribution is -2.13. The second-order valence-electron chi connectivity index (χ2n) is 4.71. The van der Waals surface area contributed by atoms with Crippen molar-refractivity contribution in [3.63, 3.8) is 0 Å². The molecule has 0 aliphatic rings. The number of benzene rings is 2. The monoisotopic (exact) mass is 272 g/mol. The van der Waals surface area contributed by atoms with Gasteiger partial charge in [-0.3, -0.25) is 4.79 Å². The first-order valence-corrected chi connectivity index (χ1v) is 6.45. The summed E-state index contributed by atoms with van der Waals surface area (Å²) in [7, 11) is 0. The van der Waals surface area contributed by atoms with Gasteiger partial charge in [-0.15, -0.1) is 0 Å². The molecule has 0 atom stereocenters. The molecule has 2 rings (SSSR count). The number of para-hydroxylation sites is 1. The molecule has 20 heavy (non-hydrogen) atoms. The van der Waals surface area contributed by atoms with Crippen molar-refractivity contribution < 1.29 is 9.18 Å². The normalized spacial score (nSPS) is 10.3. The van der Waals surface area contributed by atoms with Gasteiger partial charge in [0, 0.05) is 17.8 Å². The molecule has 0 aromatic heterocycles. The average molecular weight is 272 g/mol. The van der Waals surface area contributed by atoms with Gasteiger partial charge in [-0.25, -0.2) is 4.39 Å². The molecule has 2 aromatic rings. The highest BCUT2D eigenvalue weighted by Gasteiger charge is 2.06. The molecule has 3 nitrogen and oxygen atoms in total. The van der Waals surface area contributed by atoms with Gasteiger partial charge in [-0.1, -0.05) is 18.2 Å². The number of halogens is 1. The van der Waals surface area contributed by atoms with Gasteiger partial charge >= 0.3 is 0 Å². The number of nitrogens with two attached hydrogens (primary N) is 1. The minimum absolute atomic E-state index is 0.112. The van der Waals surface area contributed by atoms with E-state index in [4.69, 9.17) is 5.73 Å². The number of hydrogen-bond acceptors (Lipinski definition) is 2. The van der Waals surface area contributed by atoms with Crippen LogP contribution in [0.2, 0.25) is 0 Å². The third kappa shape index (κ3) is 3.57. The lowest BCUT2D eigenvalue weighted by molar-refractivity contribution is -0.116. The number of aryl methyl sites for hydroxylation is 2. The Balaban J connectivity index is 1.93. The molecule has 104 valence electrons. The average Bonchev–Trinajstić information content (AvgIpc) is 2.42. The van der Waals surface area contributed by atoms with Crippen LogP contribution in [0.3, 0.4) is 0 Å². The SMILES string of the molecule is Cc1cc(NC(=O)CCc2ccccc2N)ccc1F. The summed E-state index contributed by atoms with van der Waals surface area (Å²) >= 11 is 0. The van der Waals surface area contributed by atoms with Crippen LogP contribution >= 0.6 is 0 Å². The summed E-state index contributed by atoms with van der Waals surface area (Å²) in [6.07, 6.45) is 0.920. The Morgan fingerprint density at radius 2 is 2.00 bits per heavy atom. The fourth-order valence-electron chi connectivity index (χ4n) is 1.96. The summed E-state index contributed by atoms with van der Waals surface area (Å²) in [5.74, 6) is -0.390. The summed E-state index contributed by atoms with van der Waals surface area (Å²) in [5.41, 5.74) is 8.59. The minimum atomic E-state index is -0.278. The highest BCUT2D eigenvalue weighted by atomic mass is 19.1. The molecular weight excluding hydrogens is 255 g/mol. The molecule has 2 aromatic carbocycles. The van der Waals surface area contributed by atoms with Gasteiger partial charge in [0.25, 0.3) is 0 Å². The molecule has 0 heterocycles. The molecule has 0 spiro atoms. The van der Waals surface area contributed by atoms with Crippen LogP contribution in [0.1, 0.15) is 17.5 Å². The van der Waals surface area contributed by atoms with Crippen molar-refractivity contribution in [3.8, 4) is 0 Å². The third-order valence-electron chi connectivity index (χ3n) is 3.12. The zero-order chi connectivity index (χ0) is 14.5. The number of nitrogens with one attached hydrogen (secondary N) is 1. The Kier molecular flexibility index (Phi) is 4.35. The van der Waals surface area contributed by atoms with Gasteiger partial charge in [0.05, 0.1) is 0 Å². The van der Waals surface area contributed by atoms with Crippen LogP contribution in [0, 0.1) is 12.7 Å². The molecule has 0 fully saturated rings. The van der Waals surface area contributed by atoms with Crippen LogP contribution in [0.5, 0.6) is 0 Å². The highest BCUT2D eigenvalue weighted by molar-refractivity contribution is 5.91. The van der Waals surface area contributed by atoms with Crippen molar-refractivity contribution >= 4 is 17.3 Å². The van der Waals surface area contributed by atoms with Gasteiger partial charge in [0.2, 0.25) is 5.91 Å². The van der Waals surface area contributed by atoms with Crippen molar-refractivity contribution in [2.24, 2.45) is 0 Å². The molecule has 0 aliphatic heterocycles. The number of anilines is 2. The van der Waals surface area contributed by atoms with Crippen molar-refractivity contribution in [2.45, 2.75) is 19.8 Å². The van der Waals surface area contributed by atoms with Crippen LogP contribution in [-0.2, 0) is 11.2 Å². The molecule has 1 amide bonds. The zero-order valence-electron chi connectivity index (χ0n) is 11.3. The summed E-state index contributed by atoms with van der Waals surface area (Å²) in [5, 5.41) is 2.75. The topological polar surface area (TPSA) is 55.1 Å². The van der Waals surface area contributed by atoms with Crippen molar-refractivity contribution in [3.05, 3.63) is 59.4 Å². The Morgan fingerprint density at radius 1 is 1.25 bits per heavy atom. The zero-order valence-corrected chi connectivity index (χ0v) is 11.3. The van der Waals surface area contributed by atoms with E-state index in [2.05, 4.69) is 5.32 Å². The predicted molar refractivity (Wildman–Crippen MR) is 78.9 cm³/mol. The van der Waals surface area contributed by atoms with E-state index in [-0.39, 0.29) is 11.7 Å². The largest absolute Gasteiger partial charge is 0.399 e. The van der Waals surface area contributed by atoms with Gasteiger partial charge in [-0.2, -0.15) is 0 Å². The quantitative estimate of drug-likeness (QED) is 0.839. The fourth-order valence-corrected chi connectivity index (χ4v) is 1.96.